The summed E-state index contributed by atoms with van der Waals surface area (Å²) in [6.07, 6.45) is 2.63. The lowest BCUT2D eigenvalue weighted by Crippen LogP contribution is -2.39. The molecule has 32 heavy (non-hydrogen) atoms. The van der Waals surface area contributed by atoms with Gasteiger partial charge in [0.15, 0.2) is 0 Å². The van der Waals surface area contributed by atoms with Crippen molar-refractivity contribution in [3.63, 3.8) is 0 Å². The van der Waals surface area contributed by atoms with E-state index in [0.29, 0.717) is 10.2 Å². The molecule has 1 amide bonds. The van der Waals surface area contributed by atoms with Crippen molar-refractivity contribution in [2.75, 3.05) is 17.1 Å². The van der Waals surface area contributed by atoms with Crippen LogP contribution >= 0.6 is 15.9 Å². The third-order valence-corrected chi connectivity index (χ3v) is 6.64. The molecule has 0 aliphatic carbocycles. The van der Waals surface area contributed by atoms with Crippen molar-refractivity contribution in [1.29, 1.82) is 0 Å². The fourth-order valence-corrected chi connectivity index (χ4v) is 4.71. The number of rotatable bonds is 7. The number of para-hydroxylation sites is 1. The Bertz CT molecular complexity index is 1280. The van der Waals surface area contributed by atoms with Crippen molar-refractivity contribution in [2.24, 2.45) is 5.10 Å². The summed E-state index contributed by atoms with van der Waals surface area (Å²) in [4.78, 5) is 12.4. The number of amides is 1. The van der Waals surface area contributed by atoms with Gasteiger partial charge in [-0.05, 0) is 56.7 Å². The predicted octanol–water partition coefficient (Wildman–Crippen LogP) is 4.08. The molecule has 2 aromatic carbocycles. The molecule has 3 aromatic rings. The molecule has 0 saturated carbocycles. The van der Waals surface area contributed by atoms with Crippen molar-refractivity contribution >= 4 is 43.8 Å². The van der Waals surface area contributed by atoms with E-state index in [2.05, 4.69) is 50.1 Å². The summed E-state index contributed by atoms with van der Waals surface area (Å²) < 4.78 is 28.3. The Hall–Kier alpha value is -2.91. The number of benzene rings is 2. The van der Waals surface area contributed by atoms with Crippen LogP contribution in [0.15, 0.2) is 64.2 Å². The number of carbonyl (C=O) groups is 1. The summed E-state index contributed by atoms with van der Waals surface area (Å²) in [5, 5.41) is 4.05. The molecule has 0 atom stereocenters. The highest BCUT2D eigenvalue weighted by Crippen LogP contribution is 2.23. The number of anilines is 1. The summed E-state index contributed by atoms with van der Waals surface area (Å²) in [5.74, 6) is -0.542. The first kappa shape index (κ1) is 23.7. The third kappa shape index (κ3) is 5.46. The number of aromatic nitrogens is 1. The Kier molecular flexibility index (Phi) is 7.20. The number of sulfonamides is 1. The highest BCUT2D eigenvalue weighted by Gasteiger charge is 2.21. The van der Waals surface area contributed by atoms with E-state index in [0.717, 1.165) is 38.8 Å². The number of halogens is 1. The predicted molar refractivity (Wildman–Crippen MR) is 132 cm³/mol. The number of aryl methyl sites for hydroxylation is 2. The Morgan fingerprint density at radius 1 is 1.12 bits per heavy atom. The fourth-order valence-electron chi connectivity index (χ4n) is 3.47. The minimum atomic E-state index is -3.65. The van der Waals surface area contributed by atoms with Gasteiger partial charge in [-0.25, -0.2) is 13.8 Å². The lowest BCUT2D eigenvalue weighted by Gasteiger charge is -2.21. The van der Waals surface area contributed by atoms with E-state index >= 15 is 0 Å². The molecule has 1 N–H and O–H groups in total. The van der Waals surface area contributed by atoms with Crippen LogP contribution in [-0.2, 0) is 14.8 Å². The SMILES string of the molecule is Cc1ccccc1-n1c(C)cc(/C=N\NC(=O)CN(c2cccc(Br)c2)S(C)(=O)=O)c1C. The van der Waals surface area contributed by atoms with Gasteiger partial charge in [0.25, 0.3) is 5.91 Å². The van der Waals surface area contributed by atoms with Crippen LogP contribution in [0.25, 0.3) is 5.69 Å². The first-order chi connectivity index (χ1) is 15.1. The van der Waals surface area contributed by atoms with E-state index in [1.165, 1.54) is 0 Å². The lowest BCUT2D eigenvalue weighted by molar-refractivity contribution is -0.119. The van der Waals surface area contributed by atoms with Gasteiger partial charge in [-0.2, -0.15) is 5.10 Å². The maximum absolute atomic E-state index is 12.4. The topological polar surface area (TPSA) is 83.8 Å². The van der Waals surface area contributed by atoms with Crippen LogP contribution in [0.1, 0.15) is 22.5 Å². The van der Waals surface area contributed by atoms with E-state index in [4.69, 9.17) is 0 Å². The molecular weight excluding hydrogens is 492 g/mol. The van der Waals surface area contributed by atoms with Gasteiger partial charge in [0.05, 0.1) is 18.2 Å². The maximum atomic E-state index is 12.4. The number of nitrogens with zero attached hydrogens (tertiary/aromatic N) is 3. The van der Waals surface area contributed by atoms with Gasteiger partial charge in [-0.15, -0.1) is 0 Å². The van der Waals surface area contributed by atoms with E-state index in [1.807, 2.05) is 32.0 Å². The Balaban J connectivity index is 1.75. The zero-order valence-corrected chi connectivity index (χ0v) is 20.7. The molecule has 9 heteroatoms. The highest BCUT2D eigenvalue weighted by molar-refractivity contribution is 9.10. The summed E-state index contributed by atoms with van der Waals surface area (Å²) in [7, 11) is -3.65. The van der Waals surface area contributed by atoms with Crippen LogP contribution in [0.4, 0.5) is 5.69 Å². The van der Waals surface area contributed by atoms with Gasteiger partial charge in [0.1, 0.15) is 6.54 Å². The molecule has 0 aliphatic heterocycles. The van der Waals surface area contributed by atoms with Gasteiger partial charge in [-0.3, -0.25) is 9.10 Å². The minimum absolute atomic E-state index is 0.380. The van der Waals surface area contributed by atoms with Crippen molar-refractivity contribution < 1.29 is 13.2 Å². The molecule has 168 valence electrons. The second kappa shape index (κ2) is 9.70. The number of hydrogen-bond donors (Lipinski definition) is 1. The Morgan fingerprint density at radius 2 is 1.84 bits per heavy atom. The van der Waals surface area contributed by atoms with E-state index in [9.17, 15) is 13.2 Å². The summed E-state index contributed by atoms with van der Waals surface area (Å²) in [6, 6.07) is 16.8. The average molecular weight is 517 g/mol. The lowest BCUT2D eigenvalue weighted by atomic mass is 10.2. The van der Waals surface area contributed by atoms with Crippen LogP contribution in [0.2, 0.25) is 0 Å². The van der Waals surface area contributed by atoms with Crippen LogP contribution in [0.3, 0.4) is 0 Å². The normalized spacial score (nSPS) is 11.7. The Labute approximate surface area is 196 Å². The summed E-state index contributed by atoms with van der Waals surface area (Å²) in [6.45, 7) is 5.68. The molecule has 1 heterocycles. The van der Waals surface area contributed by atoms with Gasteiger partial charge in [-0.1, -0.05) is 40.2 Å². The fraction of sp³-hybridized carbons (Fsp3) is 0.217. The molecule has 0 spiro atoms. The van der Waals surface area contributed by atoms with Crippen LogP contribution in [0, 0.1) is 20.8 Å². The van der Waals surface area contributed by atoms with Crippen molar-refractivity contribution in [3.8, 4) is 5.69 Å². The average Bonchev–Trinajstić information content (AvgIpc) is 2.99. The molecule has 0 saturated heterocycles. The molecule has 0 unspecified atom stereocenters. The molecule has 0 bridgehead atoms. The monoisotopic (exact) mass is 516 g/mol. The summed E-state index contributed by atoms with van der Waals surface area (Å²) >= 11 is 3.32. The second-order valence-corrected chi connectivity index (χ2v) is 10.3. The largest absolute Gasteiger partial charge is 0.318 e. The van der Waals surface area contributed by atoms with Crippen molar-refractivity contribution in [3.05, 3.63) is 81.6 Å². The molecule has 0 aliphatic rings. The summed E-state index contributed by atoms with van der Waals surface area (Å²) in [5.41, 5.74) is 7.95. The van der Waals surface area contributed by atoms with E-state index < -0.39 is 15.9 Å². The zero-order chi connectivity index (χ0) is 23.5. The number of nitrogens with one attached hydrogen (secondary N) is 1. The van der Waals surface area contributed by atoms with Crippen LogP contribution in [0.5, 0.6) is 0 Å². The Morgan fingerprint density at radius 3 is 2.50 bits per heavy atom. The first-order valence-corrected chi connectivity index (χ1v) is 12.5. The van der Waals surface area contributed by atoms with Crippen LogP contribution in [-0.4, -0.2) is 37.9 Å². The van der Waals surface area contributed by atoms with Gasteiger partial charge >= 0.3 is 0 Å². The molecule has 1 aromatic heterocycles. The molecule has 3 rings (SSSR count). The first-order valence-electron chi connectivity index (χ1n) is 9.88. The molecule has 0 radical (unpaired) electrons. The molecule has 7 nitrogen and oxygen atoms in total. The smallest absolute Gasteiger partial charge is 0.260 e. The van der Waals surface area contributed by atoms with Crippen LogP contribution < -0.4 is 9.73 Å². The number of carbonyl (C=O) groups excluding carboxylic acids is 1. The zero-order valence-electron chi connectivity index (χ0n) is 18.3. The van der Waals surface area contributed by atoms with E-state index in [-0.39, 0.29) is 6.54 Å². The second-order valence-electron chi connectivity index (χ2n) is 7.49. The van der Waals surface area contributed by atoms with Gasteiger partial charge in [0.2, 0.25) is 10.0 Å². The van der Waals surface area contributed by atoms with Crippen molar-refractivity contribution in [1.82, 2.24) is 9.99 Å². The molecular formula is C23H25BrN4O3S. The highest BCUT2D eigenvalue weighted by atomic mass is 79.9. The van der Waals surface area contributed by atoms with Crippen molar-refractivity contribution in [2.45, 2.75) is 20.8 Å². The van der Waals surface area contributed by atoms with E-state index in [1.54, 1.807) is 30.5 Å². The third-order valence-electron chi connectivity index (χ3n) is 5.00. The maximum Gasteiger partial charge on any atom is 0.260 e. The molecule has 0 fully saturated rings. The standard InChI is InChI=1S/C23H25BrN4O3S/c1-16-8-5-6-11-22(16)28-17(2)12-19(18(28)3)14-25-26-23(29)15-27(32(4,30)31)21-10-7-9-20(24)13-21/h5-14H,15H2,1-4H3,(H,26,29)/b25-14-. The quantitative estimate of drug-likeness (QED) is 0.379. The number of hydrazone groups is 1. The minimum Gasteiger partial charge on any atom is -0.318 e. The van der Waals surface area contributed by atoms with Gasteiger partial charge < -0.3 is 4.57 Å². The van der Waals surface area contributed by atoms with Gasteiger partial charge in [0, 0.05) is 27.1 Å². The number of hydrogen-bond acceptors (Lipinski definition) is 4.